The summed E-state index contributed by atoms with van der Waals surface area (Å²) in [4.78, 5) is 3.75. The highest BCUT2D eigenvalue weighted by Gasteiger charge is 2.17. The maximum Gasteiger partial charge on any atom is 0.284 e. The summed E-state index contributed by atoms with van der Waals surface area (Å²) in [5, 5.41) is 0. The van der Waals surface area contributed by atoms with Crippen LogP contribution in [-0.4, -0.2) is 19.2 Å². The molecule has 21 heavy (non-hydrogen) atoms. The molecule has 0 radical (unpaired) electrons. The first-order valence-corrected chi connectivity index (χ1v) is 7.53. The fraction of sp³-hybridized carbons (Fsp3) is 0.143. The van der Waals surface area contributed by atoms with Crippen LogP contribution in [0.3, 0.4) is 0 Å². The standard InChI is InChI=1S/C14H14FN3O2S/c1-9-6-12(7-10(2)13(9)15)21(19,20)18-14(16)11-4-3-5-17-8-11/h3-8H,1-2H3,(H2,16,18). The third-order valence-corrected chi connectivity index (χ3v) is 4.15. The molecule has 0 spiro atoms. The predicted molar refractivity (Wildman–Crippen MR) is 78.0 cm³/mol. The number of halogens is 1. The number of hydrogen-bond donors (Lipinski definition) is 1. The summed E-state index contributed by atoms with van der Waals surface area (Å²) in [7, 11) is -4.00. The Kier molecular flexibility index (Phi) is 4.04. The van der Waals surface area contributed by atoms with Crippen LogP contribution in [-0.2, 0) is 10.0 Å². The van der Waals surface area contributed by atoms with Gasteiger partial charge >= 0.3 is 0 Å². The molecule has 2 N–H and O–H groups in total. The lowest BCUT2D eigenvalue weighted by Crippen LogP contribution is -2.16. The molecule has 2 aromatic rings. The SMILES string of the molecule is Cc1cc(S(=O)(=O)N=C(N)c2cccnc2)cc(C)c1F. The van der Waals surface area contributed by atoms with Crippen LogP contribution in [0.15, 0.2) is 46.0 Å². The first-order chi connectivity index (χ1) is 9.81. The molecule has 2 rings (SSSR count). The molecular formula is C14H14FN3O2S. The van der Waals surface area contributed by atoms with E-state index in [1.165, 1.54) is 38.4 Å². The lowest BCUT2D eigenvalue weighted by atomic mass is 10.1. The number of hydrogen-bond acceptors (Lipinski definition) is 3. The molecule has 0 fully saturated rings. The Morgan fingerprint density at radius 3 is 2.43 bits per heavy atom. The molecule has 0 saturated carbocycles. The van der Waals surface area contributed by atoms with Gasteiger partial charge in [0, 0.05) is 18.0 Å². The number of pyridine rings is 1. The zero-order chi connectivity index (χ0) is 15.6. The molecule has 0 amide bonds. The maximum atomic E-state index is 13.6. The number of rotatable bonds is 3. The molecule has 0 bridgehead atoms. The van der Waals surface area contributed by atoms with E-state index in [1.807, 2.05) is 0 Å². The highest BCUT2D eigenvalue weighted by Crippen LogP contribution is 2.20. The first kappa shape index (κ1) is 15.1. The van der Waals surface area contributed by atoms with Crippen molar-refractivity contribution in [2.45, 2.75) is 18.7 Å². The summed E-state index contributed by atoms with van der Waals surface area (Å²) >= 11 is 0. The Morgan fingerprint density at radius 2 is 1.90 bits per heavy atom. The van der Waals surface area contributed by atoms with Crippen LogP contribution in [0.5, 0.6) is 0 Å². The number of aryl methyl sites for hydroxylation is 2. The minimum atomic E-state index is -4.00. The highest BCUT2D eigenvalue weighted by molar-refractivity contribution is 7.90. The van der Waals surface area contributed by atoms with E-state index in [-0.39, 0.29) is 21.9 Å². The second-order valence-corrected chi connectivity index (χ2v) is 6.17. The average Bonchev–Trinajstić information content (AvgIpc) is 2.44. The first-order valence-electron chi connectivity index (χ1n) is 6.09. The topological polar surface area (TPSA) is 85.4 Å². The van der Waals surface area contributed by atoms with Gasteiger partial charge in [-0.3, -0.25) is 4.98 Å². The number of amidine groups is 1. The Morgan fingerprint density at radius 1 is 1.29 bits per heavy atom. The van der Waals surface area contributed by atoms with Crippen molar-refractivity contribution in [3.63, 3.8) is 0 Å². The Bertz CT molecular complexity index is 779. The Balaban J connectivity index is 2.48. The lowest BCUT2D eigenvalue weighted by Gasteiger charge is -2.06. The van der Waals surface area contributed by atoms with Crippen LogP contribution < -0.4 is 5.73 Å². The van der Waals surface area contributed by atoms with Crippen molar-refractivity contribution in [1.82, 2.24) is 4.98 Å². The van der Waals surface area contributed by atoms with E-state index >= 15 is 0 Å². The van der Waals surface area contributed by atoms with Gasteiger partial charge in [0.15, 0.2) is 0 Å². The smallest absolute Gasteiger partial charge is 0.284 e. The lowest BCUT2D eigenvalue weighted by molar-refractivity contribution is 0.593. The van der Waals surface area contributed by atoms with Crippen molar-refractivity contribution in [3.8, 4) is 0 Å². The van der Waals surface area contributed by atoms with E-state index in [9.17, 15) is 12.8 Å². The van der Waals surface area contributed by atoms with E-state index < -0.39 is 15.8 Å². The second kappa shape index (κ2) is 5.61. The van der Waals surface area contributed by atoms with Crippen LogP contribution in [0.4, 0.5) is 4.39 Å². The van der Waals surface area contributed by atoms with E-state index in [0.717, 1.165) is 0 Å². The van der Waals surface area contributed by atoms with E-state index in [4.69, 9.17) is 5.73 Å². The van der Waals surface area contributed by atoms with Gasteiger partial charge in [0.1, 0.15) is 11.7 Å². The maximum absolute atomic E-state index is 13.6. The normalized spacial score (nSPS) is 12.4. The van der Waals surface area contributed by atoms with Crippen molar-refractivity contribution in [3.05, 3.63) is 59.2 Å². The summed E-state index contributed by atoms with van der Waals surface area (Å²) < 4.78 is 41.6. The molecule has 1 heterocycles. The number of nitrogens with two attached hydrogens (primary N) is 1. The molecule has 0 aliphatic carbocycles. The van der Waals surface area contributed by atoms with Gasteiger partial charge < -0.3 is 5.73 Å². The van der Waals surface area contributed by atoms with Crippen molar-refractivity contribution >= 4 is 15.9 Å². The Labute approximate surface area is 122 Å². The van der Waals surface area contributed by atoms with Crippen molar-refractivity contribution in [2.75, 3.05) is 0 Å². The molecule has 0 atom stereocenters. The van der Waals surface area contributed by atoms with Crippen LogP contribution in [0.25, 0.3) is 0 Å². The zero-order valence-corrected chi connectivity index (χ0v) is 12.4. The molecule has 5 nitrogen and oxygen atoms in total. The number of aromatic nitrogens is 1. The molecule has 1 aromatic heterocycles. The summed E-state index contributed by atoms with van der Waals surface area (Å²) in [6.07, 6.45) is 2.95. The molecule has 0 aliphatic rings. The minimum absolute atomic E-state index is 0.0919. The fourth-order valence-electron chi connectivity index (χ4n) is 1.80. The van der Waals surface area contributed by atoms with Crippen molar-refractivity contribution in [1.29, 1.82) is 0 Å². The van der Waals surface area contributed by atoms with Crippen molar-refractivity contribution in [2.24, 2.45) is 10.1 Å². The number of nitrogens with zero attached hydrogens (tertiary/aromatic N) is 2. The summed E-state index contributed by atoms with van der Waals surface area (Å²) in [5.41, 5.74) is 6.56. The quantitative estimate of drug-likeness (QED) is 0.693. The van der Waals surface area contributed by atoms with Gasteiger partial charge in [0.25, 0.3) is 10.0 Å². The Hall–Kier alpha value is -2.28. The van der Waals surface area contributed by atoms with Crippen LogP contribution in [0, 0.1) is 19.7 Å². The van der Waals surface area contributed by atoms with E-state index in [0.29, 0.717) is 5.56 Å². The molecule has 0 unspecified atom stereocenters. The van der Waals surface area contributed by atoms with Gasteiger partial charge in [-0.2, -0.15) is 8.42 Å². The molecule has 110 valence electrons. The van der Waals surface area contributed by atoms with Crippen LogP contribution >= 0.6 is 0 Å². The summed E-state index contributed by atoms with van der Waals surface area (Å²) in [5.74, 6) is -0.596. The fourth-order valence-corrected chi connectivity index (χ4v) is 2.93. The molecular weight excluding hydrogens is 293 g/mol. The molecule has 0 aliphatic heterocycles. The van der Waals surface area contributed by atoms with Gasteiger partial charge in [-0.1, -0.05) is 0 Å². The van der Waals surface area contributed by atoms with Crippen LogP contribution in [0.2, 0.25) is 0 Å². The van der Waals surface area contributed by atoms with Crippen molar-refractivity contribution < 1.29 is 12.8 Å². The molecule has 7 heteroatoms. The third-order valence-electron chi connectivity index (χ3n) is 2.88. The van der Waals surface area contributed by atoms with Gasteiger partial charge in [0.2, 0.25) is 0 Å². The highest BCUT2D eigenvalue weighted by atomic mass is 32.2. The molecule has 1 aromatic carbocycles. The number of benzene rings is 1. The second-order valence-electron chi connectivity index (χ2n) is 4.56. The monoisotopic (exact) mass is 307 g/mol. The van der Waals surface area contributed by atoms with Gasteiger partial charge in [-0.15, -0.1) is 4.40 Å². The predicted octanol–water partition coefficient (Wildman–Crippen LogP) is 1.93. The van der Waals surface area contributed by atoms with Gasteiger partial charge in [-0.05, 0) is 49.2 Å². The average molecular weight is 307 g/mol. The summed E-state index contributed by atoms with van der Waals surface area (Å²) in [6.45, 7) is 2.99. The van der Waals surface area contributed by atoms with Gasteiger partial charge in [-0.25, -0.2) is 4.39 Å². The zero-order valence-electron chi connectivity index (χ0n) is 11.5. The van der Waals surface area contributed by atoms with E-state index in [1.54, 1.807) is 12.1 Å². The third kappa shape index (κ3) is 3.25. The number of sulfonamides is 1. The minimum Gasteiger partial charge on any atom is -0.382 e. The van der Waals surface area contributed by atoms with E-state index in [2.05, 4.69) is 9.38 Å². The largest absolute Gasteiger partial charge is 0.382 e. The van der Waals surface area contributed by atoms with Gasteiger partial charge in [0.05, 0.1) is 4.90 Å². The van der Waals surface area contributed by atoms with Crippen LogP contribution in [0.1, 0.15) is 16.7 Å². The molecule has 0 saturated heterocycles. The summed E-state index contributed by atoms with van der Waals surface area (Å²) in [6, 6.07) is 5.69.